The molecule has 94 valence electrons. The standard InChI is InChI=1S/C13H20N2O2/c1-10(15-13(16)8-5-9-14)11-6-3-4-7-12(11)17-2/h3-4,6-7,10H,5,8-9,14H2,1-2H3,(H,15,16). The van der Waals surface area contributed by atoms with Crippen LogP contribution >= 0.6 is 0 Å². The Morgan fingerprint density at radius 1 is 1.47 bits per heavy atom. The van der Waals surface area contributed by atoms with Gasteiger partial charge in [0.1, 0.15) is 5.75 Å². The lowest BCUT2D eigenvalue weighted by Gasteiger charge is -2.17. The van der Waals surface area contributed by atoms with Crippen molar-refractivity contribution in [2.45, 2.75) is 25.8 Å². The van der Waals surface area contributed by atoms with Crippen molar-refractivity contribution in [2.24, 2.45) is 5.73 Å². The Kier molecular flexibility index (Phi) is 5.49. The highest BCUT2D eigenvalue weighted by Gasteiger charge is 2.12. The molecular formula is C13H20N2O2. The maximum Gasteiger partial charge on any atom is 0.220 e. The fourth-order valence-electron chi connectivity index (χ4n) is 1.68. The molecule has 1 rings (SSSR count). The summed E-state index contributed by atoms with van der Waals surface area (Å²) in [5.41, 5.74) is 6.35. The van der Waals surface area contributed by atoms with Crippen LogP contribution in [-0.4, -0.2) is 19.6 Å². The number of rotatable bonds is 6. The molecule has 0 aliphatic carbocycles. The number of carbonyl (C=O) groups is 1. The van der Waals surface area contributed by atoms with Gasteiger partial charge in [0.05, 0.1) is 13.2 Å². The van der Waals surface area contributed by atoms with E-state index >= 15 is 0 Å². The van der Waals surface area contributed by atoms with E-state index in [9.17, 15) is 4.79 Å². The molecule has 0 aliphatic heterocycles. The molecule has 1 amide bonds. The summed E-state index contributed by atoms with van der Waals surface area (Å²) < 4.78 is 5.26. The molecule has 0 bridgehead atoms. The van der Waals surface area contributed by atoms with E-state index in [1.165, 1.54) is 0 Å². The van der Waals surface area contributed by atoms with Crippen LogP contribution in [0.2, 0.25) is 0 Å². The molecule has 0 saturated carbocycles. The van der Waals surface area contributed by atoms with Gasteiger partial charge in [-0.1, -0.05) is 18.2 Å². The Morgan fingerprint density at radius 2 is 2.18 bits per heavy atom. The minimum absolute atomic E-state index is 0.0221. The first kappa shape index (κ1) is 13.5. The van der Waals surface area contributed by atoms with Crippen molar-refractivity contribution in [3.8, 4) is 5.75 Å². The van der Waals surface area contributed by atoms with Gasteiger partial charge in [-0.3, -0.25) is 4.79 Å². The summed E-state index contributed by atoms with van der Waals surface area (Å²) in [7, 11) is 1.63. The molecule has 4 nitrogen and oxygen atoms in total. The summed E-state index contributed by atoms with van der Waals surface area (Å²) in [5, 5.41) is 2.93. The first-order valence-electron chi connectivity index (χ1n) is 5.81. The van der Waals surface area contributed by atoms with Gasteiger partial charge in [0.2, 0.25) is 5.91 Å². The van der Waals surface area contributed by atoms with Gasteiger partial charge in [-0.25, -0.2) is 0 Å². The van der Waals surface area contributed by atoms with Gasteiger partial charge >= 0.3 is 0 Å². The monoisotopic (exact) mass is 236 g/mol. The van der Waals surface area contributed by atoms with Crippen molar-refractivity contribution >= 4 is 5.91 Å². The van der Waals surface area contributed by atoms with Crippen molar-refractivity contribution in [1.29, 1.82) is 0 Å². The number of amides is 1. The van der Waals surface area contributed by atoms with Gasteiger partial charge in [-0.05, 0) is 26.0 Å². The first-order valence-corrected chi connectivity index (χ1v) is 5.81. The van der Waals surface area contributed by atoms with Gasteiger partial charge in [0, 0.05) is 12.0 Å². The Bertz CT molecular complexity index is 366. The van der Waals surface area contributed by atoms with Crippen molar-refractivity contribution in [1.82, 2.24) is 5.32 Å². The number of para-hydroxylation sites is 1. The van der Waals surface area contributed by atoms with Crippen molar-refractivity contribution in [3.63, 3.8) is 0 Å². The topological polar surface area (TPSA) is 64.3 Å². The third kappa shape index (κ3) is 4.07. The zero-order valence-electron chi connectivity index (χ0n) is 10.4. The third-order valence-corrected chi connectivity index (χ3v) is 2.59. The molecule has 0 aromatic heterocycles. The number of methoxy groups -OCH3 is 1. The van der Waals surface area contributed by atoms with Crippen LogP contribution in [-0.2, 0) is 4.79 Å². The van der Waals surface area contributed by atoms with Crippen LogP contribution < -0.4 is 15.8 Å². The van der Waals surface area contributed by atoms with Crippen molar-refractivity contribution in [3.05, 3.63) is 29.8 Å². The van der Waals surface area contributed by atoms with Crippen LogP contribution in [0.25, 0.3) is 0 Å². The van der Waals surface area contributed by atoms with Crippen LogP contribution in [0.3, 0.4) is 0 Å². The smallest absolute Gasteiger partial charge is 0.220 e. The second-order valence-electron chi connectivity index (χ2n) is 3.92. The zero-order chi connectivity index (χ0) is 12.7. The quantitative estimate of drug-likeness (QED) is 0.788. The molecule has 17 heavy (non-hydrogen) atoms. The van der Waals surface area contributed by atoms with E-state index < -0.39 is 0 Å². The molecule has 4 heteroatoms. The summed E-state index contributed by atoms with van der Waals surface area (Å²) in [6, 6.07) is 7.62. The highest BCUT2D eigenvalue weighted by atomic mass is 16.5. The van der Waals surface area contributed by atoms with Crippen molar-refractivity contribution < 1.29 is 9.53 Å². The van der Waals surface area contributed by atoms with Gasteiger partial charge in [-0.2, -0.15) is 0 Å². The number of carbonyl (C=O) groups excluding carboxylic acids is 1. The molecule has 0 radical (unpaired) electrons. The third-order valence-electron chi connectivity index (χ3n) is 2.59. The Hall–Kier alpha value is -1.55. The molecule has 1 aromatic carbocycles. The van der Waals surface area contributed by atoms with E-state index in [2.05, 4.69) is 5.32 Å². The van der Waals surface area contributed by atoms with E-state index in [4.69, 9.17) is 10.5 Å². The lowest BCUT2D eigenvalue weighted by atomic mass is 10.1. The second-order valence-corrected chi connectivity index (χ2v) is 3.92. The molecule has 1 aromatic rings. The largest absolute Gasteiger partial charge is 0.496 e. The number of hydrogen-bond donors (Lipinski definition) is 2. The molecule has 1 atom stereocenters. The minimum Gasteiger partial charge on any atom is -0.496 e. The van der Waals surface area contributed by atoms with Gasteiger partial charge in [0.25, 0.3) is 0 Å². The fraction of sp³-hybridized carbons (Fsp3) is 0.462. The van der Waals surface area contributed by atoms with Gasteiger partial charge < -0.3 is 15.8 Å². The van der Waals surface area contributed by atoms with Crippen LogP contribution in [0.15, 0.2) is 24.3 Å². The van der Waals surface area contributed by atoms with E-state index in [0.29, 0.717) is 19.4 Å². The number of nitrogens with two attached hydrogens (primary N) is 1. The Labute approximate surface area is 102 Å². The maximum atomic E-state index is 11.6. The SMILES string of the molecule is COc1ccccc1C(C)NC(=O)CCCN. The summed E-state index contributed by atoms with van der Waals surface area (Å²) >= 11 is 0. The first-order chi connectivity index (χ1) is 8.19. The molecule has 0 saturated heterocycles. The predicted octanol–water partition coefficient (Wildman–Crippen LogP) is 1.61. The number of nitrogens with one attached hydrogen (secondary N) is 1. The van der Waals surface area contributed by atoms with Crippen LogP contribution in [0.1, 0.15) is 31.4 Å². The number of benzene rings is 1. The zero-order valence-corrected chi connectivity index (χ0v) is 10.4. The number of ether oxygens (including phenoxy) is 1. The normalized spacial score (nSPS) is 11.9. The summed E-state index contributed by atoms with van der Waals surface area (Å²) in [6.07, 6.45) is 1.18. The van der Waals surface area contributed by atoms with Gasteiger partial charge in [-0.15, -0.1) is 0 Å². The van der Waals surface area contributed by atoms with E-state index in [1.807, 2.05) is 31.2 Å². The lowest BCUT2D eigenvalue weighted by Crippen LogP contribution is -2.27. The van der Waals surface area contributed by atoms with Gasteiger partial charge in [0.15, 0.2) is 0 Å². The fourth-order valence-corrected chi connectivity index (χ4v) is 1.68. The predicted molar refractivity (Wildman–Crippen MR) is 67.8 cm³/mol. The lowest BCUT2D eigenvalue weighted by molar-refractivity contribution is -0.121. The van der Waals surface area contributed by atoms with Crippen molar-refractivity contribution in [2.75, 3.05) is 13.7 Å². The van der Waals surface area contributed by atoms with E-state index in [-0.39, 0.29) is 11.9 Å². The van der Waals surface area contributed by atoms with E-state index in [0.717, 1.165) is 11.3 Å². The average Bonchev–Trinajstić information content (AvgIpc) is 2.36. The summed E-state index contributed by atoms with van der Waals surface area (Å²) in [5.74, 6) is 0.813. The Morgan fingerprint density at radius 3 is 2.82 bits per heavy atom. The maximum absolute atomic E-state index is 11.6. The highest BCUT2D eigenvalue weighted by Crippen LogP contribution is 2.24. The molecule has 1 unspecified atom stereocenters. The molecular weight excluding hydrogens is 216 g/mol. The molecule has 0 spiro atoms. The summed E-state index contributed by atoms with van der Waals surface area (Å²) in [4.78, 5) is 11.6. The average molecular weight is 236 g/mol. The molecule has 0 fully saturated rings. The van der Waals surface area contributed by atoms with Crippen LogP contribution in [0.4, 0.5) is 0 Å². The van der Waals surface area contributed by atoms with Crippen LogP contribution in [0, 0.1) is 0 Å². The Balaban J connectivity index is 2.62. The molecule has 0 heterocycles. The highest BCUT2D eigenvalue weighted by molar-refractivity contribution is 5.76. The molecule has 3 N–H and O–H groups in total. The number of hydrogen-bond acceptors (Lipinski definition) is 3. The van der Waals surface area contributed by atoms with E-state index in [1.54, 1.807) is 7.11 Å². The second kappa shape index (κ2) is 6.91. The molecule has 0 aliphatic rings. The minimum atomic E-state index is -0.0589. The van der Waals surface area contributed by atoms with Crippen LogP contribution in [0.5, 0.6) is 5.75 Å². The summed E-state index contributed by atoms with van der Waals surface area (Å²) in [6.45, 7) is 2.48.